The highest BCUT2D eigenvalue weighted by atomic mass is 16.5. The average molecular weight is 393 g/mol. The quantitative estimate of drug-likeness (QED) is 0.667. The summed E-state index contributed by atoms with van der Waals surface area (Å²) in [5.74, 6) is 0.612. The molecule has 3 aromatic rings. The molecule has 7 heteroatoms. The third kappa shape index (κ3) is 4.24. The van der Waals surface area contributed by atoms with Crippen LogP contribution in [-0.4, -0.2) is 56.8 Å². The van der Waals surface area contributed by atoms with E-state index in [0.29, 0.717) is 31.1 Å². The molecular weight excluding hydrogens is 366 g/mol. The summed E-state index contributed by atoms with van der Waals surface area (Å²) in [5, 5.41) is 8.59. The Morgan fingerprint density at radius 2 is 1.76 bits per heavy atom. The maximum Gasteiger partial charge on any atom is 0.276 e. The van der Waals surface area contributed by atoms with E-state index in [2.05, 4.69) is 39.4 Å². The zero-order valence-corrected chi connectivity index (χ0v) is 17.3. The summed E-state index contributed by atoms with van der Waals surface area (Å²) >= 11 is 0. The monoisotopic (exact) mass is 393 g/mol. The van der Waals surface area contributed by atoms with E-state index in [9.17, 15) is 4.79 Å². The van der Waals surface area contributed by atoms with Crippen LogP contribution in [-0.2, 0) is 13.1 Å². The third-order valence-corrected chi connectivity index (χ3v) is 5.51. The standard InChI is InChI=1S/C22H27N5O2/c1-16-13-17(2)27(23-16)15-20-18(3)29-24-21(20)22(28)26-11-9-25(10-12-26)14-19-7-5-4-6-8-19/h4-8,13H,9-12,14-15H2,1-3H3. The number of aromatic nitrogens is 3. The van der Waals surface area contributed by atoms with Crippen molar-refractivity contribution in [2.45, 2.75) is 33.9 Å². The van der Waals surface area contributed by atoms with Crippen molar-refractivity contribution in [2.75, 3.05) is 26.2 Å². The number of benzene rings is 1. The Hall–Kier alpha value is -2.93. The second-order valence-corrected chi connectivity index (χ2v) is 7.70. The lowest BCUT2D eigenvalue weighted by Crippen LogP contribution is -2.48. The Bertz CT molecular complexity index is 984. The number of carbonyl (C=O) groups excluding carboxylic acids is 1. The molecule has 0 N–H and O–H groups in total. The van der Waals surface area contributed by atoms with E-state index >= 15 is 0 Å². The number of amides is 1. The van der Waals surface area contributed by atoms with E-state index in [4.69, 9.17) is 4.52 Å². The molecule has 1 saturated heterocycles. The summed E-state index contributed by atoms with van der Waals surface area (Å²) in [6.07, 6.45) is 0. The first-order valence-corrected chi connectivity index (χ1v) is 10.0. The van der Waals surface area contributed by atoms with Crippen LogP contribution in [0.15, 0.2) is 40.9 Å². The molecule has 2 aromatic heterocycles. The van der Waals surface area contributed by atoms with Crippen molar-refractivity contribution in [3.8, 4) is 0 Å². The summed E-state index contributed by atoms with van der Waals surface area (Å²) in [6, 6.07) is 12.5. The fourth-order valence-electron chi connectivity index (χ4n) is 3.83. The fraction of sp³-hybridized carbons (Fsp3) is 0.409. The minimum atomic E-state index is -0.0576. The lowest BCUT2D eigenvalue weighted by atomic mass is 10.1. The largest absolute Gasteiger partial charge is 0.361 e. The number of carbonyl (C=O) groups is 1. The molecule has 0 atom stereocenters. The normalized spacial score (nSPS) is 15.1. The number of rotatable bonds is 5. The molecule has 0 aliphatic carbocycles. The van der Waals surface area contributed by atoms with Crippen molar-refractivity contribution >= 4 is 5.91 Å². The van der Waals surface area contributed by atoms with Crippen molar-refractivity contribution in [1.82, 2.24) is 24.7 Å². The first kappa shape index (κ1) is 19.4. The van der Waals surface area contributed by atoms with Gasteiger partial charge < -0.3 is 9.42 Å². The molecule has 152 valence electrons. The number of aryl methyl sites for hydroxylation is 3. The smallest absolute Gasteiger partial charge is 0.276 e. The van der Waals surface area contributed by atoms with Gasteiger partial charge in [-0.05, 0) is 32.4 Å². The van der Waals surface area contributed by atoms with Gasteiger partial charge in [0, 0.05) is 44.0 Å². The van der Waals surface area contributed by atoms with Crippen molar-refractivity contribution in [1.29, 1.82) is 0 Å². The van der Waals surface area contributed by atoms with Crippen LogP contribution in [0.5, 0.6) is 0 Å². The van der Waals surface area contributed by atoms with Gasteiger partial charge in [-0.3, -0.25) is 14.4 Å². The van der Waals surface area contributed by atoms with Crippen LogP contribution in [0, 0.1) is 20.8 Å². The number of nitrogens with zero attached hydrogens (tertiary/aromatic N) is 5. The number of piperazine rings is 1. The SMILES string of the molecule is Cc1cc(C)n(Cc2c(C(=O)N3CCN(Cc4ccccc4)CC3)noc2C)n1. The molecule has 0 radical (unpaired) electrons. The molecule has 29 heavy (non-hydrogen) atoms. The van der Waals surface area contributed by atoms with E-state index in [0.717, 1.165) is 36.6 Å². The van der Waals surface area contributed by atoms with Crippen LogP contribution >= 0.6 is 0 Å². The van der Waals surface area contributed by atoms with Gasteiger partial charge in [-0.25, -0.2) is 0 Å². The van der Waals surface area contributed by atoms with Crippen LogP contribution in [0.4, 0.5) is 0 Å². The van der Waals surface area contributed by atoms with E-state index in [1.807, 2.05) is 42.5 Å². The zero-order valence-electron chi connectivity index (χ0n) is 17.3. The lowest BCUT2D eigenvalue weighted by Gasteiger charge is -2.34. The molecule has 0 saturated carbocycles. The van der Waals surface area contributed by atoms with Crippen LogP contribution in [0.2, 0.25) is 0 Å². The zero-order chi connectivity index (χ0) is 20.4. The van der Waals surface area contributed by atoms with Gasteiger partial charge >= 0.3 is 0 Å². The molecular formula is C22H27N5O2. The molecule has 1 aromatic carbocycles. The highest BCUT2D eigenvalue weighted by molar-refractivity contribution is 5.94. The molecule has 0 spiro atoms. The molecule has 3 heterocycles. The van der Waals surface area contributed by atoms with Crippen molar-refractivity contribution in [3.05, 3.63) is 70.4 Å². The number of hydrogen-bond acceptors (Lipinski definition) is 5. The van der Waals surface area contributed by atoms with Crippen LogP contribution in [0.3, 0.4) is 0 Å². The Balaban J connectivity index is 1.42. The summed E-state index contributed by atoms with van der Waals surface area (Å²) in [7, 11) is 0. The summed E-state index contributed by atoms with van der Waals surface area (Å²) in [5.41, 5.74) is 4.53. The number of hydrogen-bond donors (Lipinski definition) is 0. The van der Waals surface area contributed by atoms with Crippen molar-refractivity contribution in [2.24, 2.45) is 0 Å². The van der Waals surface area contributed by atoms with E-state index in [1.165, 1.54) is 5.56 Å². The van der Waals surface area contributed by atoms with Gasteiger partial charge in [-0.1, -0.05) is 35.5 Å². The third-order valence-electron chi connectivity index (χ3n) is 5.51. The molecule has 4 rings (SSSR count). The predicted octanol–water partition coefficient (Wildman–Crippen LogP) is 2.80. The predicted molar refractivity (Wildman–Crippen MR) is 110 cm³/mol. The Kier molecular flexibility index (Phi) is 5.49. The maximum absolute atomic E-state index is 13.1. The van der Waals surface area contributed by atoms with Crippen LogP contribution < -0.4 is 0 Å². The minimum absolute atomic E-state index is 0.0576. The van der Waals surface area contributed by atoms with Gasteiger partial charge in [0.25, 0.3) is 5.91 Å². The first-order chi connectivity index (χ1) is 14.0. The average Bonchev–Trinajstić information content (AvgIpc) is 3.24. The van der Waals surface area contributed by atoms with Gasteiger partial charge in [0.05, 0.1) is 12.2 Å². The van der Waals surface area contributed by atoms with E-state index < -0.39 is 0 Å². The molecule has 1 amide bonds. The molecule has 0 unspecified atom stereocenters. The van der Waals surface area contributed by atoms with Crippen molar-refractivity contribution < 1.29 is 9.32 Å². The summed E-state index contributed by atoms with van der Waals surface area (Å²) in [4.78, 5) is 17.4. The van der Waals surface area contributed by atoms with Crippen molar-refractivity contribution in [3.63, 3.8) is 0 Å². The van der Waals surface area contributed by atoms with Gasteiger partial charge in [0.1, 0.15) is 5.76 Å². The Morgan fingerprint density at radius 1 is 1.03 bits per heavy atom. The highest BCUT2D eigenvalue weighted by Gasteiger charge is 2.28. The molecule has 7 nitrogen and oxygen atoms in total. The second-order valence-electron chi connectivity index (χ2n) is 7.70. The van der Waals surface area contributed by atoms with E-state index in [1.54, 1.807) is 0 Å². The summed E-state index contributed by atoms with van der Waals surface area (Å²) < 4.78 is 7.27. The highest BCUT2D eigenvalue weighted by Crippen LogP contribution is 2.19. The Labute approximate surface area is 170 Å². The van der Waals surface area contributed by atoms with E-state index in [-0.39, 0.29) is 5.91 Å². The van der Waals surface area contributed by atoms with Crippen LogP contribution in [0.1, 0.15) is 38.8 Å². The molecule has 1 aliphatic rings. The summed E-state index contributed by atoms with van der Waals surface area (Å²) in [6.45, 7) is 10.3. The van der Waals surface area contributed by atoms with Gasteiger partial charge in [0.2, 0.25) is 0 Å². The molecule has 0 bridgehead atoms. The van der Waals surface area contributed by atoms with Crippen LogP contribution in [0.25, 0.3) is 0 Å². The Morgan fingerprint density at radius 3 is 2.41 bits per heavy atom. The second kappa shape index (κ2) is 8.21. The fourth-order valence-corrected chi connectivity index (χ4v) is 3.83. The minimum Gasteiger partial charge on any atom is -0.361 e. The van der Waals surface area contributed by atoms with Gasteiger partial charge in [-0.2, -0.15) is 5.10 Å². The van der Waals surface area contributed by atoms with Gasteiger partial charge in [0.15, 0.2) is 5.69 Å². The maximum atomic E-state index is 13.1. The topological polar surface area (TPSA) is 67.4 Å². The molecule has 1 aliphatic heterocycles. The molecule has 1 fully saturated rings. The first-order valence-electron chi connectivity index (χ1n) is 10.0. The van der Waals surface area contributed by atoms with Gasteiger partial charge in [-0.15, -0.1) is 0 Å². The lowest BCUT2D eigenvalue weighted by molar-refractivity contribution is 0.0617.